The van der Waals surface area contributed by atoms with Gasteiger partial charge in [0.15, 0.2) is 5.58 Å². The number of rotatable bonds is 3. The monoisotopic (exact) mass is 234 g/mol. The molecule has 1 aromatic heterocycles. The van der Waals surface area contributed by atoms with Gasteiger partial charge in [-0.05, 0) is 38.5 Å². The normalized spacial score (nSPS) is 11.7. The molecule has 5 nitrogen and oxygen atoms in total. The predicted molar refractivity (Wildman–Crippen MR) is 64.1 cm³/mol. The second-order valence-electron chi connectivity index (χ2n) is 4.55. The summed E-state index contributed by atoms with van der Waals surface area (Å²) in [7, 11) is 0. The van der Waals surface area contributed by atoms with Gasteiger partial charge in [-0.25, -0.2) is 4.79 Å². The van der Waals surface area contributed by atoms with Crippen LogP contribution in [0.15, 0.2) is 22.6 Å². The van der Waals surface area contributed by atoms with Crippen LogP contribution in [-0.2, 0) is 4.79 Å². The minimum atomic E-state index is -1.12. The maximum atomic E-state index is 11.0. The van der Waals surface area contributed by atoms with Crippen molar-refractivity contribution < 1.29 is 14.3 Å². The SMILES string of the molecule is Cc1ccc2nc(NC(C)(C)C(=O)O)oc2c1. The number of aromatic nitrogens is 1. The Morgan fingerprint density at radius 2 is 2.18 bits per heavy atom. The lowest BCUT2D eigenvalue weighted by atomic mass is 10.1. The Kier molecular flexibility index (Phi) is 2.53. The number of nitrogens with one attached hydrogen (secondary N) is 1. The molecule has 0 spiro atoms. The number of carboxylic acid groups (broad SMARTS) is 1. The van der Waals surface area contributed by atoms with Crippen LogP contribution in [0.25, 0.3) is 11.1 Å². The van der Waals surface area contributed by atoms with Gasteiger partial charge < -0.3 is 14.8 Å². The Bertz CT molecular complexity index is 572. The number of fused-ring (bicyclic) bond motifs is 1. The molecule has 0 saturated carbocycles. The van der Waals surface area contributed by atoms with Crippen LogP contribution < -0.4 is 5.32 Å². The van der Waals surface area contributed by atoms with Gasteiger partial charge in [0.1, 0.15) is 11.1 Å². The Balaban J connectivity index is 2.34. The van der Waals surface area contributed by atoms with Crippen LogP contribution in [0.3, 0.4) is 0 Å². The van der Waals surface area contributed by atoms with E-state index < -0.39 is 11.5 Å². The van der Waals surface area contributed by atoms with E-state index in [9.17, 15) is 4.79 Å². The van der Waals surface area contributed by atoms with Gasteiger partial charge in [-0.15, -0.1) is 0 Å². The smallest absolute Gasteiger partial charge is 0.328 e. The number of oxazole rings is 1. The first kappa shape index (κ1) is 11.4. The lowest BCUT2D eigenvalue weighted by Crippen LogP contribution is -2.40. The van der Waals surface area contributed by atoms with Crippen LogP contribution in [0.2, 0.25) is 0 Å². The molecule has 0 amide bonds. The first-order chi connectivity index (χ1) is 7.88. The summed E-state index contributed by atoms with van der Waals surface area (Å²) >= 11 is 0. The minimum absolute atomic E-state index is 0.220. The molecule has 0 aliphatic heterocycles. The van der Waals surface area contributed by atoms with Gasteiger partial charge in [0.05, 0.1) is 0 Å². The molecule has 2 rings (SSSR count). The van der Waals surface area contributed by atoms with Crippen LogP contribution in [0.5, 0.6) is 0 Å². The third-order valence-corrected chi connectivity index (χ3v) is 2.50. The summed E-state index contributed by atoms with van der Waals surface area (Å²) in [6.07, 6.45) is 0. The second kappa shape index (κ2) is 3.76. The Labute approximate surface area is 98.5 Å². The average Bonchev–Trinajstić information content (AvgIpc) is 2.57. The van der Waals surface area contributed by atoms with E-state index in [1.807, 2.05) is 25.1 Å². The van der Waals surface area contributed by atoms with Crippen LogP contribution in [0.4, 0.5) is 6.01 Å². The van der Waals surface area contributed by atoms with Gasteiger partial charge in [-0.2, -0.15) is 4.98 Å². The third-order valence-electron chi connectivity index (χ3n) is 2.50. The summed E-state index contributed by atoms with van der Waals surface area (Å²) < 4.78 is 5.45. The Morgan fingerprint density at radius 3 is 2.82 bits per heavy atom. The number of benzene rings is 1. The number of anilines is 1. The van der Waals surface area contributed by atoms with Gasteiger partial charge in [-0.3, -0.25) is 0 Å². The summed E-state index contributed by atoms with van der Waals surface area (Å²) in [4.78, 5) is 15.1. The fourth-order valence-electron chi connectivity index (χ4n) is 1.41. The molecule has 0 atom stereocenters. The highest BCUT2D eigenvalue weighted by molar-refractivity contribution is 5.82. The fourth-order valence-corrected chi connectivity index (χ4v) is 1.41. The highest BCUT2D eigenvalue weighted by Crippen LogP contribution is 2.22. The molecular formula is C12H14N2O3. The maximum absolute atomic E-state index is 11.0. The van der Waals surface area contributed by atoms with E-state index in [4.69, 9.17) is 9.52 Å². The molecule has 1 heterocycles. The van der Waals surface area contributed by atoms with Crippen molar-refractivity contribution in [3.05, 3.63) is 23.8 Å². The van der Waals surface area contributed by atoms with Crippen molar-refractivity contribution in [3.8, 4) is 0 Å². The number of carboxylic acids is 1. The number of carbonyl (C=O) groups is 1. The van der Waals surface area contributed by atoms with E-state index in [2.05, 4.69) is 10.3 Å². The molecule has 0 radical (unpaired) electrons. The van der Waals surface area contributed by atoms with Crippen molar-refractivity contribution in [1.82, 2.24) is 4.98 Å². The van der Waals surface area contributed by atoms with E-state index >= 15 is 0 Å². The van der Waals surface area contributed by atoms with Crippen LogP contribution >= 0.6 is 0 Å². The number of aryl methyl sites for hydroxylation is 1. The van der Waals surface area contributed by atoms with E-state index in [1.54, 1.807) is 13.8 Å². The van der Waals surface area contributed by atoms with Gasteiger partial charge in [0.25, 0.3) is 6.01 Å². The zero-order chi connectivity index (χ0) is 12.6. The second-order valence-corrected chi connectivity index (χ2v) is 4.55. The molecule has 0 fully saturated rings. The van der Waals surface area contributed by atoms with Crippen molar-refractivity contribution in [2.24, 2.45) is 0 Å². The van der Waals surface area contributed by atoms with Crippen molar-refractivity contribution in [2.75, 3.05) is 5.32 Å². The molecular weight excluding hydrogens is 220 g/mol. The number of hydrogen-bond acceptors (Lipinski definition) is 4. The number of hydrogen-bond donors (Lipinski definition) is 2. The van der Waals surface area contributed by atoms with Crippen LogP contribution in [0, 0.1) is 6.92 Å². The summed E-state index contributed by atoms with van der Waals surface area (Å²) in [6, 6.07) is 5.85. The summed E-state index contributed by atoms with van der Waals surface area (Å²) in [6.45, 7) is 5.06. The number of aliphatic carboxylic acids is 1. The van der Waals surface area contributed by atoms with Gasteiger partial charge in [-0.1, -0.05) is 6.07 Å². The van der Waals surface area contributed by atoms with E-state index in [-0.39, 0.29) is 6.01 Å². The van der Waals surface area contributed by atoms with Gasteiger partial charge in [0.2, 0.25) is 0 Å². The van der Waals surface area contributed by atoms with Gasteiger partial charge >= 0.3 is 5.97 Å². The molecule has 2 N–H and O–H groups in total. The number of nitrogens with zero attached hydrogens (tertiary/aromatic N) is 1. The lowest BCUT2D eigenvalue weighted by molar-refractivity contribution is -0.141. The van der Waals surface area contributed by atoms with Crippen LogP contribution in [0.1, 0.15) is 19.4 Å². The molecule has 0 saturated heterocycles. The topological polar surface area (TPSA) is 75.4 Å². The summed E-state index contributed by atoms with van der Waals surface area (Å²) in [5.41, 5.74) is 1.31. The summed E-state index contributed by atoms with van der Waals surface area (Å²) in [5.74, 6) is -0.962. The molecule has 17 heavy (non-hydrogen) atoms. The van der Waals surface area contributed by atoms with E-state index in [1.165, 1.54) is 0 Å². The van der Waals surface area contributed by atoms with Crippen molar-refractivity contribution in [1.29, 1.82) is 0 Å². The van der Waals surface area contributed by atoms with Gasteiger partial charge in [0, 0.05) is 0 Å². The standard InChI is InChI=1S/C12H14N2O3/c1-7-4-5-8-9(6-7)17-11(13-8)14-12(2,3)10(15)16/h4-6H,1-3H3,(H,13,14)(H,15,16). The van der Waals surface area contributed by atoms with Crippen molar-refractivity contribution in [2.45, 2.75) is 26.3 Å². The quantitative estimate of drug-likeness (QED) is 0.852. The first-order valence-electron chi connectivity index (χ1n) is 5.27. The first-order valence-corrected chi connectivity index (χ1v) is 5.27. The predicted octanol–water partition coefficient (Wildman–Crippen LogP) is 2.41. The highest BCUT2D eigenvalue weighted by Gasteiger charge is 2.28. The molecule has 1 aromatic carbocycles. The molecule has 0 aliphatic rings. The highest BCUT2D eigenvalue weighted by atomic mass is 16.4. The largest absolute Gasteiger partial charge is 0.480 e. The average molecular weight is 234 g/mol. The lowest BCUT2D eigenvalue weighted by Gasteiger charge is -2.18. The van der Waals surface area contributed by atoms with Crippen LogP contribution in [-0.4, -0.2) is 21.6 Å². The third kappa shape index (κ3) is 2.22. The van der Waals surface area contributed by atoms with Crippen molar-refractivity contribution >= 4 is 23.1 Å². The minimum Gasteiger partial charge on any atom is -0.480 e. The fraction of sp³-hybridized carbons (Fsp3) is 0.333. The Hall–Kier alpha value is -2.04. The van der Waals surface area contributed by atoms with Crippen molar-refractivity contribution in [3.63, 3.8) is 0 Å². The molecule has 5 heteroatoms. The molecule has 0 bridgehead atoms. The molecule has 90 valence electrons. The molecule has 0 unspecified atom stereocenters. The zero-order valence-electron chi connectivity index (χ0n) is 9.94. The Morgan fingerprint density at radius 1 is 1.47 bits per heavy atom. The maximum Gasteiger partial charge on any atom is 0.328 e. The van der Waals surface area contributed by atoms with E-state index in [0.717, 1.165) is 5.56 Å². The molecule has 2 aromatic rings. The molecule has 0 aliphatic carbocycles. The summed E-state index contributed by atoms with van der Waals surface area (Å²) in [5, 5.41) is 11.7. The van der Waals surface area contributed by atoms with E-state index in [0.29, 0.717) is 11.1 Å². The zero-order valence-corrected chi connectivity index (χ0v) is 9.94.